The molecule has 0 aliphatic carbocycles. The third kappa shape index (κ3) is 4.92. The molecule has 10 heteroatoms. The van der Waals surface area contributed by atoms with Gasteiger partial charge in [-0.05, 0) is 58.6 Å². The molecule has 1 aromatic heterocycles. The van der Waals surface area contributed by atoms with Crippen molar-refractivity contribution in [3.8, 4) is 0 Å². The molecular formula is C29H37N5O5. The number of imide groups is 1. The number of ether oxygens (including phenoxy) is 1. The standard InChI is InChI=1S/C29H37N5O5/c1-5-39-29(38)21-8-7-13-33(16-21)26(35)20-11-14-32(15-12-20)24-10-6-9-22-25(24)28(37)34(27(22)36)17-23-18(2)30-31(4)19(23)3/h6,9-10,20-21H,5,7-8,11-17H2,1-4H3. The number of amides is 3. The van der Waals surface area contributed by atoms with Crippen molar-refractivity contribution in [2.75, 3.05) is 37.7 Å². The van der Waals surface area contributed by atoms with Crippen molar-refractivity contribution < 1.29 is 23.9 Å². The van der Waals surface area contributed by atoms with Crippen LogP contribution in [0.2, 0.25) is 0 Å². The molecule has 0 N–H and O–H groups in total. The van der Waals surface area contributed by atoms with Crippen LogP contribution in [0, 0.1) is 25.7 Å². The molecule has 10 nitrogen and oxygen atoms in total. The molecule has 1 atom stereocenters. The van der Waals surface area contributed by atoms with E-state index in [0.29, 0.717) is 56.8 Å². The maximum atomic E-state index is 13.6. The van der Waals surface area contributed by atoms with Crippen LogP contribution in [-0.4, -0.2) is 76.1 Å². The minimum atomic E-state index is -0.287. The molecule has 3 amide bonds. The van der Waals surface area contributed by atoms with Gasteiger partial charge >= 0.3 is 5.97 Å². The molecule has 0 radical (unpaired) electrons. The predicted molar refractivity (Wildman–Crippen MR) is 144 cm³/mol. The van der Waals surface area contributed by atoms with Gasteiger partial charge in [0.2, 0.25) is 5.91 Å². The van der Waals surface area contributed by atoms with Crippen LogP contribution in [0.15, 0.2) is 18.2 Å². The van der Waals surface area contributed by atoms with Gasteiger partial charge in [-0.15, -0.1) is 0 Å². The van der Waals surface area contributed by atoms with Crippen LogP contribution in [0.25, 0.3) is 0 Å². The minimum Gasteiger partial charge on any atom is -0.466 e. The first-order valence-electron chi connectivity index (χ1n) is 13.9. The fourth-order valence-electron chi connectivity index (χ4n) is 6.18. The number of nitrogens with zero attached hydrogens (tertiary/aromatic N) is 5. The number of carbonyl (C=O) groups is 4. The second kappa shape index (κ2) is 10.8. The summed E-state index contributed by atoms with van der Waals surface area (Å²) in [7, 11) is 1.85. The Morgan fingerprint density at radius 1 is 1.03 bits per heavy atom. The summed E-state index contributed by atoms with van der Waals surface area (Å²) in [5, 5.41) is 4.42. The summed E-state index contributed by atoms with van der Waals surface area (Å²) < 4.78 is 6.95. The van der Waals surface area contributed by atoms with Gasteiger partial charge in [0.05, 0.1) is 41.6 Å². The monoisotopic (exact) mass is 535 g/mol. The second-order valence-corrected chi connectivity index (χ2v) is 10.8. The van der Waals surface area contributed by atoms with Gasteiger partial charge in [-0.3, -0.25) is 28.8 Å². The Morgan fingerprint density at radius 3 is 2.44 bits per heavy atom. The lowest BCUT2D eigenvalue weighted by molar-refractivity contribution is -0.152. The molecule has 3 aliphatic rings. The number of hydrogen-bond acceptors (Lipinski definition) is 7. The average molecular weight is 536 g/mol. The molecule has 0 spiro atoms. The maximum absolute atomic E-state index is 13.6. The largest absolute Gasteiger partial charge is 0.466 e. The van der Waals surface area contributed by atoms with Crippen LogP contribution in [0.3, 0.4) is 0 Å². The van der Waals surface area contributed by atoms with Crippen molar-refractivity contribution in [2.24, 2.45) is 18.9 Å². The van der Waals surface area contributed by atoms with Crippen molar-refractivity contribution in [1.29, 1.82) is 0 Å². The van der Waals surface area contributed by atoms with Crippen molar-refractivity contribution in [3.05, 3.63) is 46.3 Å². The van der Waals surface area contributed by atoms with Crippen molar-refractivity contribution in [2.45, 2.75) is 53.0 Å². The van der Waals surface area contributed by atoms with Crippen LogP contribution in [-0.2, 0) is 27.9 Å². The molecule has 0 saturated carbocycles. The number of likely N-dealkylation sites (tertiary alicyclic amines) is 1. The highest BCUT2D eigenvalue weighted by Crippen LogP contribution is 2.35. The Labute approximate surface area is 228 Å². The van der Waals surface area contributed by atoms with E-state index in [4.69, 9.17) is 4.74 Å². The number of piperidine rings is 2. The summed E-state index contributed by atoms with van der Waals surface area (Å²) >= 11 is 0. The minimum absolute atomic E-state index is 0.0987. The number of aromatic nitrogens is 2. The van der Waals surface area contributed by atoms with E-state index in [1.54, 1.807) is 17.7 Å². The number of esters is 1. The van der Waals surface area contributed by atoms with E-state index in [0.717, 1.165) is 35.5 Å². The van der Waals surface area contributed by atoms with Crippen molar-refractivity contribution in [1.82, 2.24) is 19.6 Å². The fourth-order valence-corrected chi connectivity index (χ4v) is 6.18. The van der Waals surface area contributed by atoms with Crippen LogP contribution < -0.4 is 4.90 Å². The zero-order chi connectivity index (χ0) is 27.8. The Morgan fingerprint density at radius 2 is 1.77 bits per heavy atom. The first-order chi connectivity index (χ1) is 18.7. The first-order valence-corrected chi connectivity index (χ1v) is 13.9. The Bertz CT molecular complexity index is 1310. The molecule has 1 aromatic carbocycles. The lowest BCUT2D eigenvalue weighted by Crippen LogP contribution is -2.47. The van der Waals surface area contributed by atoms with Gasteiger partial charge in [0.15, 0.2) is 0 Å². The SMILES string of the molecule is CCOC(=O)C1CCCN(C(=O)C2CCN(c3cccc4c3C(=O)N(Cc3c(C)nn(C)c3C)C4=O)CC2)C1. The van der Waals surface area contributed by atoms with E-state index in [1.165, 1.54) is 4.90 Å². The van der Waals surface area contributed by atoms with Crippen molar-refractivity contribution in [3.63, 3.8) is 0 Å². The van der Waals surface area contributed by atoms with E-state index in [1.807, 2.05) is 37.9 Å². The van der Waals surface area contributed by atoms with Crippen LogP contribution in [0.5, 0.6) is 0 Å². The van der Waals surface area contributed by atoms with Gasteiger partial charge in [0.25, 0.3) is 11.8 Å². The van der Waals surface area contributed by atoms with Gasteiger partial charge in [-0.1, -0.05) is 6.07 Å². The third-order valence-corrected chi connectivity index (χ3v) is 8.49. The molecule has 1 unspecified atom stereocenters. The van der Waals surface area contributed by atoms with E-state index >= 15 is 0 Å². The molecule has 2 saturated heterocycles. The van der Waals surface area contributed by atoms with E-state index in [2.05, 4.69) is 10.00 Å². The second-order valence-electron chi connectivity index (χ2n) is 10.8. The summed E-state index contributed by atoms with van der Waals surface area (Å²) in [5.74, 6) is -1.06. The normalized spacial score (nSPS) is 20.0. The number of anilines is 1. The molecule has 2 fully saturated rings. The summed E-state index contributed by atoms with van der Waals surface area (Å²) in [6, 6.07) is 5.43. The summed E-state index contributed by atoms with van der Waals surface area (Å²) in [6.07, 6.45) is 2.87. The first kappa shape index (κ1) is 26.9. The fraction of sp³-hybridized carbons (Fsp3) is 0.552. The number of hydrogen-bond donors (Lipinski definition) is 0. The lowest BCUT2D eigenvalue weighted by Gasteiger charge is -2.38. The highest BCUT2D eigenvalue weighted by atomic mass is 16.5. The number of carbonyl (C=O) groups excluding carboxylic acids is 4. The van der Waals surface area contributed by atoms with Gasteiger partial charge in [-0.25, -0.2) is 0 Å². The van der Waals surface area contributed by atoms with Crippen LogP contribution in [0.1, 0.15) is 70.3 Å². The highest BCUT2D eigenvalue weighted by Gasteiger charge is 2.40. The third-order valence-electron chi connectivity index (χ3n) is 8.49. The number of fused-ring (bicyclic) bond motifs is 1. The Kier molecular flexibility index (Phi) is 7.46. The van der Waals surface area contributed by atoms with E-state index in [9.17, 15) is 19.2 Å². The van der Waals surface area contributed by atoms with Gasteiger partial charge in [0.1, 0.15) is 0 Å². The van der Waals surface area contributed by atoms with E-state index in [-0.39, 0.29) is 42.1 Å². The highest BCUT2D eigenvalue weighted by molar-refractivity contribution is 6.23. The van der Waals surface area contributed by atoms with Crippen LogP contribution in [0.4, 0.5) is 5.69 Å². The average Bonchev–Trinajstić information content (AvgIpc) is 3.34. The molecule has 39 heavy (non-hydrogen) atoms. The topological polar surface area (TPSA) is 105 Å². The maximum Gasteiger partial charge on any atom is 0.310 e. The zero-order valence-corrected chi connectivity index (χ0v) is 23.2. The molecule has 2 aromatic rings. The molecule has 0 bridgehead atoms. The molecule has 3 aliphatic heterocycles. The molecule has 4 heterocycles. The quantitative estimate of drug-likeness (QED) is 0.414. The number of aryl methyl sites for hydroxylation is 2. The van der Waals surface area contributed by atoms with Crippen molar-refractivity contribution >= 4 is 29.4 Å². The number of benzene rings is 1. The molecular weight excluding hydrogens is 498 g/mol. The smallest absolute Gasteiger partial charge is 0.310 e. The Balaban J connectivity index is 1.26. The summed E-state index contributed by atoms with van der Waals surface area (Å²) in [6.45, 7) is 8.48. The molecule has 5 rings (SSSR count). The lowest BCUT2D eigenvalue weighted by atomic mass is 9.91. The zero-order valence-electron chi connectivity index (χ0n) is 23.2. The van der Waals surface area contributed by atoms with E-state index < -0.39 is 0 Å². The van der Waals surface area contributed by atoms with Crippen LogP contribution >= 0.6 is 0 Å². The van der Waals surface area contributed by atoms with Gasteiger partial charge in [0, 0.05) is 50.4 Å². The number of rotatable bonds is 6. The summed E-state index contributed by atoms with van der Waals surface area (Å²) in [4.78, 5) is 57.7. The molecule has 208 valence electrons. The Hall–Kier alpha value is -3.69. The summed E-state index contributed by atoms with van der Waals surface area (Å²) in [5.41, 5.74) is 4.24. The van der Waals surface area contributed by atoms with Gasteiger partial charge in [-0.2, -0.15) is 5.10 Å². The predicted octanol–water partition coefficient (Wildman–Crippen LogP) is 2.85. The van der Waals surface area contributed by atoms with Gasteiger partial charge < -0.3 is 14.5 Å².